The topological polar surface area (TPSA) is 21.3 Å². The van der Waals surface area contributed by atoms with Crippen LogP contribution in [0.15, 0.2) is 22.7 Å². The van der Waals surface area contributed by atoms with Gasteiger partial charge in [-0.25, -0.2) is 4.39 Å². The minimum atomic E-state index is -0.119. The first-order valence-electron chi connectivity index (χ1n) is 7.56. The molecule has 0 amide bonds. The van der Waals surface area contributed by atoms with E-state index in [9.17, 15) is 4.39 Å². The SMILES string of the molecule is CC(C)(C)NCC1(Cc2ccc(Br)cc2F)CCOCC1. The van der Waals surface area contributed by atoms with Crippen molar-refractivity contribution in [2.24, 2.45) is 5.41 Å². The molecule has 1 saturated heterocycles. The van der Waals surface area contributed by atoms with Gasteiger partial charge >= 0.3 is 0 Å². The lowest BCUT2D eigenvalue weighted by Crippen LogP contribution is -2.47. The van der Waals surface area contributed by atoms with Crippen LogP contribution < -0.4 is 5.32 Å². The summed E-state index contributed by atoms with van der Waals surface area (Å²) in [6, 6.07) is 5.37. The van der Waals surface area contributed by atoms with Crippen molar-refractivity contribution in [2.75, 3.05) is 19.8 Å². The third kappa shape index (κ3) is 5.04. The highest BCUT2D eigenvalue weighted by Crippen LogP contribution is 2.35. The second-order valence-electron chi connectivity index (χ2n) is 7.13. The third-order valence-electron chi connectivity index (χ3n) is 4.13. The van der Waals surface area contributed by atoms with Gasteiger partial charge < -0.3 is 10.1 Å². The van der Waals surface area contributed by atoms with E-state index in [-0.39, 0.29) is 16.8 Å². The molecule has 0 unspecified atom stereocenters. The van der Waals surface area contributed by atoms with E-state index in [2.05, 4.69) is 42.0 Å². The van der Waals surface area contributed by atoms with Crippen LogP contribution in [0.2, 0.25) is 0 Å². The Morgan fingerprint density at radius 3 is 2.52 bits per heavy atom. The van der Waals surface area contributed by atoms with Gasteiger partial charge in [0.15, 0.2) is 0 Å². The van der Waals surface area contributed by atoms with Crippen molar-refractivity contribution in [3.8, 4) is 0 Å². The van der Waals surface area contributed by atoms with Crippen LogP contribution in [-0.2, 0) is 11.2 Å². The lowest BCUT2D eigenvalue weighted by atomic mass is 9.74. The number of rotatable bonds is 4. The van der Waals surface area contributed by atoms with Gasteiger partial charge in [0, 0.05) is 29.8 Å². The van der Waals surface area contributed by atoms with Gasteiger partial charge in [0.25, 0.3) is 0 Å². The van der Waals surface area contributed by atoms with Crippen LogP contribution in [0.3, 0.4) is 0 Å². The second-order valence-corrected chi connectivity index (χ2v) is 8.04. The smallest absolute Gasteiger partial charge is 0.127 e. The standard InChI is InChI=1S/C17H25BrFNO/c1-16(2,3)20-12-17(6-8-21-9-7-17)11-13-4-5-14(18)10-15(13)19/h4-5,10,20H,6-9,11-12H2,1-3H3. The maximum Gasteiger partial charge on any atom is 0.127 e. The number of ether oxygens (including phenoxy) is 1. The summed E-state index contributed by atoms with van der Waals surface area (Å²) in [5.41, 5.74) is 0.958. The lowest BCUT2D eigenvalue weighted by Gasteiger charge is -2.40. The fourth-order valence-corrected chi connectivity index (χ4v) is 3.08. The van der Waals surface area contributed by atoms with E-state index >= 15 is 0 Å². The fraction of sp³-hybridized carbons (Fsp3) is 0.647. The Kier molecular flexibility index (Phi) is 5.44. The molecule has 0 atom stereocenters. The monoisotopic (exact) mass is 357 g/mol. The van der Waals surface area contributed by atoms with Crippen LogP contribution >= 0.6 is 15.9 Å². The van der Waals surface area contributed by atoms with Crippen molar-refractivity contribution >= 4 is 15.9 Å². The van der Waals surface area contributed by atoms with E-state index in [1.54, 1.807) is 6.07 Å². The van der Waals surface area contributed by atoms with E-state index in [0.717, 1.165) is 49.1 Å². The van der Waals surface area contributed by atoms with Crippen LogP contribution in [0, 0.1) is 11.2 Å². The first kappa shape index (κ1) is 16.9. The Balaban J connectivity index is 2.15. The van der Waals surface area contributed by atoms with E-state index in [1.165, 1.54) is 0 Å². The average molecular weight is 358 g/mol. The Bertz CT molecular complexity index is 478. The van der Waals surface area contributed by atoms with E-state index in [4.69, 9.17) is 4.74 Å². The van der Waals surface area contributed by atoms with Crippen LogP contribution in [0.25, 0.3) is 0 Å². The van der Waals surface area contributed by atoms with Gasteiger partial charge in [0.1, 0.15) is 5.82 Å². The molecule has 118 valence electrons. The predicted molar refractivity (Wildman–Crippen MR) is 88.0 cm³/mol. The van der Waals surface area contributed by atoms with Gasteiger partial charge in [-0.05, 0) is 63.1 Å². The maximum atomic E-state index is 14.2. The van der Waals surface area contributed by atoms with Gasteiger partial charge in [-0.2, -0.15) is 0 Å². The molecule has 4 heteroatoms. The molecule has 2 nitrogen and oxygen atoms in total. The molecule has 1 fully saturated rings. The molecule has 1 aliphatic rings. The van der Waals surface area contributed by atoms with Crippen molar-refractivity contribution in [1.82, 2.24) is 5.32 Å². The zero-order chi connectivity index (χ0) is 15.5. The Hall–Kier alpha value is -0.450. The number of hydrogen-bond donors (Lipinski definition) is 1. The summed E-state index contributed by atoms with van der Waals surface area (Å²) in [4.78, 5) is 0. The molecule has 21 heavy (non-hydrogen) atoms. The first-order valence-corrected chi connectivity index (χ1v) is 8.36. The zero-order valence-electron chi connectivity index (χ0n) is 13.1. The number of halogens is 2. The summed E-state index contributed by atoms with van der Waals surface area (Å²) in [7, 11) is 0. The van der Waals surface area contributed by atoms with Crippen LogP contribution in [0.1, 0.15) is 39.2 Å². The lowest BCUT2D eigenvalue weighted by molar-refractivity contribution is 0.0117. The normalized spacial score (nSPS) is 18.7. The Morgan fingerprint density at radius 1 is 1.29 bits per heavy atom. The van der Waals surface area contributed by atoms with E-state index in [0.29, 0.717) is 0 Å². The van der Waals surface area contributed by atoms with E-state index in [1.807, 2.05) is 12.1 Å². The third-order valence-corrected chi connectivity index (χ3v) is 4.62. The number of hydrogen-bond acceptors (Lipinski definition) is 2. The van der Waals surface area contributed by atoms with Gasteiger partial charge in [0.2, 0.25) is 0 Å². The highest BCUT2D eigenvalue weighted by atomic mass is 79.9. The summed E-state index contributed by atoms with van der Waals surface area (Å²) in [6.07, 6.45) is 2.72. The van der Waals surface area contributed by atoms with Crippen molar-refractivity contribution in [2.45, 2.75) is 45.6 Å². The average Bonchev–Trinajstić information content (AvgIpc) is 2.41. The molecule has 1 aromatic rings. The summed E-state index contributed by atoms with van der Waals surface area (Å²) < 4.78 is 20.5. The first-order chi connectivity index (χ1) is 9.80. The summed E-state index contributed by atoms with van der Waals surface area (Å²) >= 11 is 3.32. The molecule has 0 saturated carbocycles. The van der Waals surface area contributed by atoms with E-state index < -0.39 is 0 Å². The van der Waals surface area contributed by atoms with Crippen molar-refractivity contribution < 1.29 is 9.13 Å². The molecule has 0 radical (unpaired) electrons. The van der Waals surface area contributed by atoms with Crippen molar-refractivity contribution in [1.29, 1.82) is 0 Å². The minimum absolute atomic E-state index is 0.0730. The van der Waals surface area contributed by atoms with Crippen LogP contribution in [0.4, 0.5) is 4.39 Å². The van der Waals surface area contributed by atoms with Gasteiger partial charge in [-0.3, -0.25) is 0 Å². The van der Waals surface area contributed by atoms with Crippen LogP contribution in [-0.4, -0.2) is 25.3 Å². The van der Waals surface area contributed by atoms with Crippen molar-refractivity contribution in [3.63, 3.8) is 0 Å². The molecule has 0 spiro atoms. The molecule has 1 aromatic carbocycles. The molecule has 1 aliphatic heterocycles. The van der Waals surface area contributed by atoms with Gasteiger partial charge in [-0.15, -0.1) is 0 Å². The molecule has 0 aromatic heterocycles. The molecular formula is C17H25BrFNO. The summed E-state index contributed by atoms with van der Waals surface area (Å²) in [6.45, 7) is 8.93. The molecule has 0 bridgehead atoms. The zero-order valence-corrected chi connectivity index (χ0v) is 14.7. The van der Waals surface area contributed by atoms with Gasteiger partial charge in [-0.1, -0.05) is 22.0 Å². The maximum absolute atomic E-state index is 14.2. The fourth-order valence-electron chi connectivity index (χ4n) is 2.74. The molecular weight excluding hydrogens is 333 g/mol. The Morgan fingerprint density at radius 2 is 1.95 bits per heavy atom. The minimum Gasteiger partial charge on any atom is -0.381 e. The summed E-state index contributed by atoms with van der Waals surface area (Å²) in [5, 5.41) is 3.60. The van der Waals surface area contributed by atoms with Gasteiger partial charge in [0.05, 0.1) is 0 Å². The molecule has 2 rings (SSSR count). The largest absolute Gasteiger partial charge is 0.381 e. The van der Waals surface area contributed by atoms with Crippen molar-refractivity contribution in [3.05, 3.63) is 34.1 Å². The molecule has 1 heterocycles. The number of benzene rings is 1. The predicted octanol–water partition coefficient (Wildman–Crippen LogP) is 4.32. The quantitative estimate of drug-likeness (QED) is 0.866. The highest BCUT2D eigenvalue weighted by Gasteiger charge is 2.34. The summed E-state index contributed by atoms with van der Waals surface area (Å²) in [5.74, 6) is -0.119. The Labute approximate surface area is 135 Å². The molecule has 0 aliphatic carbocycles. The highest BCUT2D eigenvalue weighted by molar-refractivity contribution is 9.10. The van der Waals surface area contributed by atoms with Crippen LogP contribution in [0.5, 0.6) is 0 Å². The molecule has 1 N–H and O–H groups in total. The number of nitrogens with one attached hydrogen (secondary N) is 1. The second kappa shape index (κ2) is 6.76.